The van der Waals surface area contributed by atoms with Gasteiger partial charge in [0.1, 0.15) is 17.3 Å². The second kappa shape index (κ2) is 9.86. The van der Waals surface area contributed by atoms with Crippen LogP contribution in [0.5, 0.6) is 5.75 Å². The third-order valence-electron chi connectivity index (χ3n) is 6.09. The standard InChI is InChI=1S/C32H26O3/c1-2-12-28(34)30-29(22-13-5-3-6-14-22)31(23-15-7-4-8-16-23)35-32(30)27-20-10-9-19-26(27)24-17-11-18-25(33)21-24/h3-11,13-21,33H,2,12H2,1H3. The van der Waals surface area contributed by atoms with Gasteiger partial charge in [0.25, 0.3) is 0 Å². The second-order valence-corrected chi connectivity index (χ2v) is 8.51. The number of furan rings is 1. The molecular formula is C32H26O3. The summed E-state index contributed by atoms with van der Waals surface area (Å²) in [5.74, 6) is 1.48. The van der Waals surface area contributed by atoms with E-state index in [9.17, 15) is 9.90 Å². The molecule has 1 aromatic heterocycles. The molecule has 0 aliphatic rings. The number of benzene rings is 4. The van der Waals surface area contributed by atoms with Crippen molar-refractivity contribution in [3.05, 3.63) is 115 Å². The van der Waals surface area contributed by atoms with Crippen LogP contribution in [-0.4, -0.2) is 10.9 Å². The van der Waals surface area contributed by atoms with Crippen LogP contribution in [0.25, 0.3) is 44.9 Å². The van der Waals surface area contributed by atoms with Gasteiger partial charge in [0.05, 0.1) is 5.56 Å². The van der Waals surface area contributed by atoms with Crippen molar-refractivity contribution in [2.75, 3.05) is 0 Å². The molecule has 0 saturated carbocycles. The Morgan fingerprint density at radius 2 is 1.29 bits per heavy atom. The van der Waals surface area contributed by atoms with Gasteiger partial charge in [-0.2, -0.15) is 0 Å². The van der Waals surface area contributed by atoms with E-state index in [0.29, 0.717) is 23.5 Å². The van der Waals surface area contributed by atoms with Crippen molar-refractivity contribution in [1.29, 1.82) is 0 Å². The van der Waals surface area contributed by atoms with Crippen LogP contribution in [0, 0.1) is 0 Å². The summed E-state index contributed by atoms with van der Waals surface area (Å²) in [5, 5.41) is 10.1. The van der Waals surface area contributed by atoms with Crippen LogP contribution in [0.1, 0.15) is 30.1 Å². The van der Waals surface area contributed by atoms with Gasteiger partial charge < -0.3 is 9.52 Å². The highest BCUT2D eigenvalue weighted by Crippen LogP contribution is 2.46. The van der Waals surface area contributed by atoms with E-state index >= 15 is 0 Å². The fourth-order valence-electron chi connectivity index (χ4n) is 4.52. The summed E-state index contributed by atoms with van der Waals surface area (Å²) in [6.45, 7) is 2.01. The normalized spacial score (nSPS) is 10.9. The molecule has 0 aliphatic carbocycles. The molecule has 0 unspecified atom stereocenters. The minimum Gasteiger partial charge on any atom is -0.508 e. The highest BCUT2D eigenvalue weighted by atomic mass is 16.3. The van der Waals surface area contributed by atoms with Gasteiger partial charge in [0.2, 0.25) is 0 Å². The van der Waals surface area contributed by atoms with Crippen LogP contribution in [-0.2, 0) is 0 Å². The van der Waals surface area contributed by atoms with Gasteiger partial charge >= 0.3 is 0 Å². The Labute approximate surface area is 205 Å². The zero-order valence-corrected chi connectivity index (χ0v) is 19.6. The van der Waals surface area contributed by atoms with Gasteiger partial charge in [-0.25, -0.2) is 0 Å². The van der Waals surface area contributed by atoms with Crippen LogP contribution in [0.4, 0.5) is 0 Å². The van der Waals surface area contributed by atoms with E-state index in [1.807, 2.05) is 104 Å². The van der Waals surface area contributed by atoms with E-state index in [1.165, 1.54) is 0 Å². The molecule has 3 nitrogen and oxygen atoms in total. The highest BCUT2D eigenvalue weighted by molar-refractivity contribution is 6.11. The summed E-state index contributed by atoms with van der Waals surface area (Å²) in [5.41, 5.74) is 5.83. The molecule has 0 atom stereocenters. The minimum atomic E-state index is 0.0537. The zero-order chi connectivity index (χ0) is 24.2. The summed E-state index contributed by atoms with van der Waals surface area (Å²) in [7, 11) is 0. The summed E-state index contributed by atoms with van der Waals surface area (Å²) in [6.07, 6.45) is 1.17. The van der Waals surface area contributed by atoms with Crippen LogP contribution in [0.2, 0.25) is 0 Å². The summed E-state index contributed by atoms with van der Waals surface area (Å²) >= 11 is 0. The van der Waals surface area contributed by atoms with Crippen molar-refractivity contribution in [2.24, 2.45) is 0 Å². The first kappa shape index (κ1) is 22.4. The monoisotopic (exact) mass is 458 g/mol. The average molecular weight is 459 g/mol. The molecule has 0 saturated heterocycles. The lowest BCUT2D eigenvalue weighted by Crippen LogP contribution is -2.01. The number of ketones is 1. The van der Waals surface area contributed by atoms with Crippen LogP contribution in [0.3, 0.4) is 0 Å². The van der Waals surface area contributed by atoms with E-state index in [2.05, 4.69) is 0 Å². The Morgan fingerprint density at radius 3 is 1.94 bits per heavy atom. The molecule has 0 amide bonds. The Morgan fingerprint density at radius 1 is 0.686 bits per heavy atom. The van der Waals surface area contributed by atoms with Crippen molar-refractivity contribution in [1.82, 2.24) is 0 Å². The van der Waals surface area contributed by atoms with Crippen molar-refractivity contribution in [2.45, 2.75) is 19.8 Å². The average Bonchev–Trinajstić information content (AvgIpc) is 3.31. The second-order valence-electron chi connectivity index (χ2n) is 8.51. The fourth-order valence-corrected chi connectivity index (χ4v) is 4.52. The lowest BCUT2D eigenvalue weighted by atomic mass is 9.90. The largest absolute Gasteiger partial charge is 0.508 e. The number of hydrogen-bond donors (Lipinski definition) is 1. The van der Waals surface area contributed by atoms with Crippen LogP contribution < -0.4 is 0 Å². The number of carbonyl (C=O) groups is 1. The molecule has 4 aromatic carbocycles. The molecule has 0 radical (unpaired) electrons. The van der Waals surface area contributed by atoms with Gasteiger partial charge in [-0.1, -0.05) is 104 Å². The predicted octanol–water partition coefficient (Wildman–Crippen LogP) is 8.64. The highest BCUT2D eigenvalue weighted by Gasteiger charge is 2.29. The Balaban J connectivity index is 1.85. The molecule has 0 aliphatic heterocycles. The SMILES string of the molecule is CCCC(=O)c1c(-c2ccccc2-c2cccc(O)c2)oc(-c2ccccc2)c1-c1ccccc1. The van der Waals surface area contributed by atoms with Gasteiger partial charge in [-0.15, -0.1) is 0 Å². The Kier molecular flexibility index (Phi) is 6.32. The maximum atomic E-state index is 13.7. The summed E-state index contributed by atoms with van der Waals surface area (Å²) in [6, 6.07) is 34.9. The number of hydrogen-bond acceptors (Lipinski definition) is 3. The van der Waals surface area contributed by atoms with Gasteiger partial charge in [0, 0.05) is 23.1 Å². The maximum Gasteiger partial charge on any atom is 0.167 e. The molecule has 172 valence electrons. The quantitative estimate of drug-likeness (QED) is 0.248. The predicted molar refractivity (Wildman–Crippen MR) is 141 cm³/mol. The van der Waals surface area contributed by atoms with Gasteiger partial charge in [0.15, 0.2) is 5.78 Å². The third-order valence-corrected chi connectivity index (χ3v) is 6.09. The molecule has 1 N–H and O–H groups in total. The number of rotatable bonds is 7. The third kappa shape index (κ3) is 4.41. The Hall–Kier alpha value is -4.37. The number of phenolic OH excluding ortho intramolecular Hbond substituents is 1. The first-order valence-corrected chi connectivity index (χ1v) is 11.9. The number of Topliss-reactive ketones (excluding diaryl/α,β-unsaturated/α-hetero) is 1. The Bertz CT molecular complexity index is 1460. The molecule has 5 rings (SSSR count). The zero-order valence-electron chi connectivity index (χ0n) is 19.6. The molecular weight excluding hydrogens is 432 g/mol. The lowest BCUT2D eigenvalue weighted by Gasteiger charge is -2.11. The van der Waals surface area contributed by atoms with Crippen LogP contribution >= 0.6 is 0 Å². The van der Waals surface area contributed by atoms with Crippen molar-refractivity contribution >= 4 is 5.78 Å². The molecule has 0 fully saturated rings. The molecule has 5 aromatic rings. The van der Waals surface area contributed by atoms with Crippen LogP contribution in [0.15, 0.2) is 114 Å². The van der Waals surface area contributed by atoms with Crippen molar-refractivity contribution < 1.29 is 14.3 Å². The van der Waals surface area contributed by atoms with Gasteiger partial charge in [-0.3, -0.25) is 4.79 Å². The lowest BCUT2D eigenvalue weighted by molar-refractivity contribution is 0.0982. The van der Waals surface area contributed by atoms with E-state index < -0.39 is 0 Å². The smallest absolute Gasteiger partial charge is 0.167 e. The molecule has 1 heterocycles. The number of aromatic hydroxyl groups is 1. The van der Waals surface area contributed by atoms with Crippen molar-refractivity contribution in [3.8, 4) is 50.7 Å². The molecule has 0 spiro atoms. The number of phenols is 1. The number of carbonyl (C=O) groups excluding carboxylic acids is 1. The molecule has 35 heavy (non-hydrogen) atoms. The van der Waals surface area contributed by atoms with E-state index in [0.717, 1.165) is 39.8 Å². The van der Waals surface area contributed by atoms with Gasteiger partial charge in [-0.05, 0) is 35.2 Å². The summed E-state index contributed by atoms with van der Waals surface area (Å²) < 4.78 is 6.65. The maximum absolute atomic E-state index is 13.7. The van der Waals surface area contributed by atoms with E-state index in [1.54, 1.807) is 12.1 Å². The van der Waals surface area contributed by atoms with Crippen molar-refractivity contribution in [3.63, 3.8) is 0 Å². The van der Waals surface area contributed by atoms with E-state index in [-0.39, 0.29) is 11.5 Å². The van der Waals surface area contributed by atoms with E-state index in [4.69, 9.17) is 4.42 Å². The summed E-state index contributed by atoms with van der Waals surface area (Å²) in [4.78, 5) is 13.7. The first-order valence-electron chi connectivity index (χ1n) is 11.9. The topological polar surface area (TPSA) is 50.4 Å². The fraction of sp³-hybridized carbons (Fsp3) is 0.0938. The molecule has 3 heteroatoms. The minimum absolute atomic E-state index is 0.0537. The first-order chi connectivity index (χ1) is 17.2. The molecule has 0 bridgehead atoms.